The van der Waals surface area contributed by atoms with Gasteiger partial charge in [0.05, 0.1) is 5.69 Å². The molecule has 0 radical (unpaired) electrons. The highest BCUT2D eigenvalue weighted by molar-refractivity contribution is 5.43. The standard InChI is InChI=1S/C17H16N2O/c1-2-4-16(5-3-1)18-13-15-8-6-14(7-9-15)12-17-10-11-20-19-17/h1-11,18H,12-13H2. The lowest BCUT2D eigenvalue weighted by molar-refractivity contribution is 0.413. The molecule has 2 aromatic carbocycles. The zero-order chi connectivity index (χ0) is 13.6. The van der Waals surface area contributed by atoms with Gasteiger partial charge in [-0.3, -0.25) is 0 Å². The number of aromatic nitrogens is 1. The average Bonchev–Trinajstić information content (AvgIpc) is 3.01. The molecule has 1 heterocycles. The fraction of sp³-hybridized carbons (Fsp3) is 0.118. The summed E-state index contributed by atoms with van der Waals surface area (Å²) >= 11 is 0. The number of nitrogens with zero attached hydrogens (tertiary/aromatic N) is 1. The Morgan fingerprint density at radius 2 is 1.60 bits per heavy atom. The third-order valence-corrected chi connectivity index (χ3v) is 3.17. The highest BCUT2D eigenvalue weighted by Crippen LogP contribution is 2.12. The molecular formula is C17H16N2O. The van der Waals surface area contributed by atoms with E-state index >= 15 is 0 Å². The predicted octanol–water partition coefficient (Wildman–Crippen LogP) is 3.88. The summed E-state index contributed by atoms with van der Waals surface area (Å²) < 4.78 is 4.84. The summed E-state index contributed by atoms with van der Waals surface area (Å²) in [4.78, 5) is 0. The van der Waals surface area contributed by atoms with Gasteiger partial charge in [0.2, 0.25) is 0 Å². The molecule has 0 saturated carbocycles. The minimum Gasteiger partial charge on any atom is -0.381 e. The Morgan fingerprint density at radius 1 is 0.850 bits per heavy atom. The molecule has 0 atom stereocenters. The van der Waals surface area contributed by atoms with Gasteiger partial charge in [0.15, 0.2) is 0 Å². The van der Waals surface area contributed by atoms with Gasteiger partial charge in [-0.2, -0.15) is 0 Å². The van der Waals surface area contributed by atoms with Crippen molar-refractivity contribution in [2.24, 2.45) is 0 Å². The van der Waals surface area contributed by atoms with Crippen molar-refractivity contribution in [1.29, 1.82) is 0 Å². The number of benzene rings is 2. The molecule has 0 aliphatic carbocycles. The van der Waals surface area contributed by atoms with E-state index in [0.29, 0.717) is 0 Å². The van der Waals surface area contributed by atoms with Gasteiger partial charge in [0.25, 0.3) is 0 Å². The van der Waals surface area contributed by atoms with E-state index in [4.69, 9.17) is 4.52 Å². The molecule has 0 saturated heterocycles. The molecular weight excluding hydrogens is 248 g/mol. The number of hydrogen-bond donors (Lipinski definition) is 1. The van der Waals surface area contributed by atoms with Crippen molar-refractivity contribution in [2.75, 3.05) is 5.32 Å². The van der Waals surface area contributed by atoms with Crippen LogP contribution in [0.5, 0.6) is 0 Å². The molecule has 100 valence electrons. The first-order valence-electron chi connectivity index (χ1n) is 6.66. The van der Waals surface area contributed by atoms with Crippen molar-refractivity contribution in [1.82, 2.24) is 5.16 Å². The van der Waals surface area contributed by atoms with Crippen molar-refractivity contribution >= 4 is 5.69 Å². The normalized spacial score (nSPS) is 10.4. The summed E-state index contributed by atoms with van der Waals surface area (Å²) in [5, 5.41) is 7.32. The summed E-state index contributed by atoms with van der Waals surface area (Å²) in [6.07, 6.45) is 2.41. The summed E-state index contributed by atoms with van der Waals surface area (Å²) in [7, 11) is 0. The monoisotopic (exact) mass is 264 g/mol. The van der Waals surface area contributed by atoms with Crippen LogP contribution in [0.25, 0.3) is 0 Å². The van der Waals surface area contributed by atoms with Crippen molar-refractivity contribution in [3.05, 3.63) is 83.7 Å². The van der Waals surface area contributed by atoms with Gasteiger partial charge in [0.1, 0.15) is 6.26 Å². The minimum absolute atomic E-state index is 0.808. The van der Waals surface area contributed by atoms with Crippen LogP contribution in [-0.4, -0.2) is 5.16 Å². The van der Waals surface area contributed by atoms with E-state index in [2.05, 4.69) is 46.9 Å². The summed E-state index contributed by atoms with van der Waals surface area (Å²) in [6, 6.07) is 20.7. The summed E-state index contributed by atoms with van der Waals surface area (Å²) in [6.45, 7) is 0.828. The third-order valence-electron chi connectivity index (χ3n) is 3.17. The molecule has 1 aromatic heterocycles. The highest BCUT2D eigenvalue weighted by atomic mass is 16.5. The SMILES string of the molecule is c1ccc(NCc2ccc(Cc3ccon3)cc2)cc1. The van der Waals surface area contributed by atoms with Gasteiger partial charge < -0.3 is 9.84 Å². The zero-order valence-corrected chi connectivity index (χ0v) is 11.1. The van der Waals surface area contributed by atoms with E-state index in [1.165, 1.54) is 11.1 Å². The third kappa shape index (κ3) is 3.26. The molecule has 0 fully saturated rings. The topological polar surface area (TPSA) is 38.1 Å². The van der Waals surface area contributed by atoms with Crippen LogP contribution in [0.2, 0.25) is 0 Å². The summed E-state index contributed by atoms with van der Waals surface area (Å²) in [5.74, 6) is 0. The van der Waals surface area contributed by atoms with E-state index in [9.17, 15) is 0 Å². The largest absolute Gasteiger partial charge is 0.381 e. The van der Waals surface area contributed by atoms with Gasteiger partial charge in [-0.25, -0.2) is 0 Å². The van der Waals surface area contributed by atoms with Crippen molar-refractivity contribution in [3.8, 4) is 0 Å². The van der Waals surface area contributed by atoms with Crippen LogP contribution in [0.4, 0.5) is 5.69 Å². The van der Waals surface area contributed by atoms with E-state index < -0.39 is 0 Å². The number of rotatable bonds is 5. The molecule has 0 amide bonds. The van der Waals surface area contributed by atoms with Crippen LogP contribution >= 0.6 is 0 Å². The molecule has 3 heteroatoms. The Morgan fingerprint density at radius 3 is 2.30 bits per heavy atom. The molecule has 20 heavy (non-hydrogen) atoms. The maximum absolute atomic E-state index is 4.84. The van der Waals surface area contributed by atoms with E-state index in [1.807, 2.05) is 24.3 Å². The smallest absolute Gasteiger partial charge is 0.124 e. The molecule has 0 aliphatic rings. The van der Waals surface area contributed by atoms with Crippen molar-refractivity contribution in [2.45, 2.75) is 13.0 Å². The fourth-order valence-electron chi connectivity index (χ4n) is 2.07. The fourth-order valence-corrected chi connectivity index (χ4v) is 2.07. The second-order valence-electron chi connectivity index (χ2n) is 4.70. The second kappa shape index (κ2) is 6.06. The van der Waals surface area contributed by atoms with Crippen LogP contribution in [0, 0.1) is 0 Å². The van der Waals surface area contributed by atoms with Gasteiger partial charge in [0, 0.05) is 24.7 Å². The predicted molar refractivity (Wildman–Crippen MR) is 79.5 cm³/mol. The lowest BCUT2D eigenvalue weighted by atomic mass is 10.1. The molecule has 0 bridgehead atoms. The first-order chi connectivity index (χ1) is 9.90. The Hall–Kier alpha value is -2.55. The lowest BCUT2D eigenvalue weighted by Crippen LogP contribution is -1.99. The zero-order valence-electron chi connectivity index (χ0n) is 11.1. The van der Waals surface area contributed by atoms with Crippen molar-refractivity contribution < 1.29 is 4.52 Å². The molecule has 3 aromatic rings. The number of anilines is 1. The van der Waals surface area contributed by atoms with Gasteiger partial charge >= 0.3 is 0 Å². The molecule has 3 nitrogen and oxygen atoms in total. The summed E-state index contributed by atoms with van der Waals surface area (Å²) in [5.41, 5.74) is 4.60. The Kier molecular flexibility index (Phi) is 3.78. The molecule has 1 N–H and O–H groups in total. The first kappa shape index (κ1) is 12.5. The average molecular weight is 264 g/mol. The van der Waals surface area contributed by atoms with E-state index in [-0.39, 0.29) is 0 Å². The number of nitrogens with one attached hydrogen (secondary N) is 1. The van der Waals surface area contributed by atoms with Crippen LogP contribution in [0.15, 0.2) is 71.4 Å². The van der Waals surface area contributed by atoms with Crippen LogP contribution in [0.3, 0.4) is 0 Å². The van der Waals surface area contributed by atoms with E-state index in [0.717, 1.165) is 24.3 Å². The first-order valence-corrected chi connectivity index (χ1v) is 6.66. The number of hydrogen-bond acceptors (Lipinski definition) is 3. The minimum atomic E-state index is 0.808. The second-order valence-corrected chi connectivity index (χ2v) is 4.70. The van der Waals surface area contributed by atoms with Crippen LogP contribution in [0.1, 0.15) is 16.8 Å². The molecule has 0 unspecified atom stereocenters. The quantitative estimate of drug-likeness (QED) is 0.760. The molecule has 0 spiro atoms. The Balaban J connectivity index is 1.59. The maximum Gasteiger partial charge on any atom is 0.124 e. The van der Waals surface area contributed by atoms with Gasteiger partial charge in [-0.1, -0.05) is 47.6 Å². The molecule has 3 rings (SSSR count). The van der Waals surface area contributed by atoms with E-state index in [1.54, 1.807) is 6.26 Å². The van der Waals surface area contributed by atoms with Crippen LogP contribution < -0.4 is 5.32 Å². The lowest BCUT2D eigenvalue weighted by Gasteiger charge is -2.07. The Bertz CT molecular complexity index is 631. The Labute approximate surface area is 118 Å². The van der Waals surface area contributed by atoms with Gasteiger partial charge in [-0.05, 0) is 23.3 Å². The highest BCUT2D eigenvalue weighted by Gasteiger charge is 2.00. The van der Waals surface area contributed by atoms with Crippen molar-refractivity contribution in [3.63, 3.8) is 0 Å². The van der Waals surface area contributed by atoms with Gasteiger partial charge in [-0.15, -0.1) is 0 Å². The van der Waals surface area contributed by atoms with Crippen LogP contribution in [-0.2, 0) is 13.0 Å². The maximum atomic E-state index is 4.84. The molecule has 0 aliphatic heterocycles. The number of para-hydroxylation sites is 1.